The second-order valence-electron chi connectivity index (χ2n) is 3.49. The van der Waals surface area contributed by atoms with Gasteiger partial charge in [0.15, 0.2) is 0 Å². The minimum Gasteiger partial charge on any atom is -0.310 e. The Labute approximate surface area is 86.4 Å². The third-order valence-electron chi connectivity index (χ3n) is 2.11. The Hall–Kier alpha value is -1.32. The van der Waals surface area contributed by atoms with E-state index < -0.39 is 12.1 Å². The fourth-order valence-electron chi connectivity index (χ4n) is 1.41. The molecule has 1 unspecified atom stereocenters. The summed E-state index contributed by atoms with van der Waals surface area (Å²) in [5, 5.41) is 7.15. The Morgan fingerprint density at radius 2 is 1.80 bits per heavy atom. The molecule has 1 aromatic carbocycles. The lowest BCUT2D eigenvalue weighted by molar-refractivity contribution is -0.148. The van der Waals surface area contributed by atoms with Crippen molar-refractivity contribution in [3.8, 4) is 0 Å². The smallest absolute Gasteiger partial charge is 0.310 e. The van der Waals surface area contributed by atoms with E-state index in [2.05, 4.69) is 0 Å². The number of halogens is 3. The van der Waals surface area contributed by atoms with Crippen molar-refractivity contribution < 1.29 is 13.2 Å². The van der Waals surface area contributed by atoms with Gasteiger partial charge in [-0.15, -0.1) is 0 Å². The van der Waals surface area contributed by atoms with Gasteiger partial charge in [0.25, 0.3) is 0 Å². The molecule has 82 valence electrons. The first-order valence-electron chi connectivity index (χ1n) is 4.57. The normalized spacial score (nSPS) is 13.6. The molecule has 4 heteroatoms. The van der Waals surface area contributed by atoms with Crippen molar-refractivity contribution in [3.05, 3.63) is 35.9 Å². The highest BCUT2D eigenvalue weighted by Crippen LogP contribution is 2.37. The van der Waals surface area contributed by atoms with Crippen molar-refractivity contribution in [2.45, 2.75) is 25.4 Å². The van der Waals surface area contributed by atoms with Crippen molar-refractivity contribution >= 4 is 5.71 Å². The van der Waals surface area contributed by atoms with Gasteiger partial charge in [-0.25, -0.2) is 0 Å². The molecule has 0 bridgehead atoms. The van der Waals surface area contributed by atoms with E-state index in [9.17, 15) is 13.2 Å². The summed E-state index contributed by atoms with van der Waals surface area (Å²) < 4.78 is 38.0. The topological polar surface area (TPSA) is 23.9 Å². The van der Waals surface area contributed by atoms with Gasteiger partial charge in [-0.05, 0) is 12.5 Å². The van der Waals surface area contributed by atoms with E-state index >= 15 is 0 Å². The van der Waals surface area contributed by atoms with Gasteiger partial charge in [0.1, 0.15) is 0 Å². The highest BCUT2D eigenvalue weighted by Gasteiger charge is 2.40. The van der Waals surface area contributed by atoms with E-state index in [-0.39, 0.29) is 17.7 Å². The molecule has 0 aliphatic heterocycles. The van der Waals surface area contributed by atoms with Crippen molar-refractivity contribution in [1.82, 2.24) is 0 Å². The average Bonchev–Trinajstić information content (AvgIpc) is 2.14. The van der Waals surface area contributed by atoms with E-state index in [1.165, 1.54) is 19.1 Å². The van der Waals surface area contributed by atoms with Crippen LogP contribution >= 0.6 is 0 Å². The molecule has 1 aromatic rings. The minimum absolute atomic E-state index is 0.0428. The molecule has 1 N–H and O–H groups in total. The van der Waals surface area contributed by atoms with Crippen LogP contribution in [0.1, 0.15) is 24.8 Å². The van der Waals surface area contributed by atoms with Gasteiger partial charge in [0.05, 0.1) is 5.92 Å². The van der Waals surface area contributed by atoms with E-state index in [4.69, 9.17) is 5.41 Å². The van der Waals surface area contributed by atoms with E-state index in [0.29, 0.717) is 0 Å². The SMILES string of the molecule is CC(=N)CC(c1ccccc1)C(F)(F)F. The average molecular weight is 215 g/mol. The standard InChI is InChI=1S/C11H12F3N/c1-8(15)7-10(11(12,13)14)9-5-3-2-4-6-9/h2-6,10,15H,7H2,1H3. The van der Waals surface area contributed by atoms with Gasteiger partial charge < -0.3 is 5.41 Å². The molecule has 0 saturated carbocycles. The zero-order valence-corrected chi connectivity index (χ0v) is 8.31. The van der Waals surface area contributed by atoms with Crippen molar-refractivity contribution in [2.75, 3.05) is 0 Å². The molecule has 0 aromatic heterocycles. The Kier molecular flexibility index (Phi) is 3.50. The van der Waals surface area contributed by atoms with Crippen LogP contribution in [0.5, 0.6) is 0 Å². The number of hydrogen-bond donors (Lipinski definition) is 1. The van der Waals surface area contributed by atoms with Gasteiger partial charge >= 0.3 is 6.18 Å². The zero-order chi connectivity index (χ0) is 11.5. The molecule has 0 heterocycles. The molecule has 1 rings (SSSR count). The number of benzene rings is 1. The van der Waals surface area contributed by atoms with Crippen molar-refractivity contribution in [2.24, 2.45) is 0 Å². The van der Waals surface area contributed by atoms with Gasteiger partial charge in [-0.2, -0.15) is 13.2 Å². The highest BCUT2D eigenvalue weighted by atomic mass is 19.4. The van der Waals surface area contributed by atoms with Gasteiger partial charge in [-0.3, -0.25) is 0 Å². The predicted molar refractivity (Wildman–Crippen MR) is 53.3 cm³/mol. The fourth-order valence-corrected chi connectivity index (χ4v) is 1.41. The maximum absolute atomic E-state index is 12.7. The molecule has 0 fully saturated rings. The van der Waals surface area contributed by atoms with Crippen LogP contribution in [0.2, 0.25) is 0 Å². The molecule has 1 atom stereocenters. The van der Waals surface area contributed by atoms with Crippen LogP contribution in [0.4, 0.5) is 13.2 Å². The largest absolute Gasteiger partial charge is 0.396 e. The Balaban J connectivity index is 2.97. The maximum atomic E-state index is 12.7. The summed E-state index contributed by atoms with van der Waals surface area (Å²) in [5.74, 6) is -1.56. The molecular formula is C11H12F3N. The van der Waals surface area contributed by atoms with Crippen molar-refractivity contribution in [3.63, 3.8) is 0 Å². The molecule has 0 saturated heterocycles. The van der Waals surface area contributed by atoms with Crippen LogP contribution in [-0.4, -0.2) is 11.9 Å². The first-order chi connectivity index (χ1) is 6.91. The summed E-state index contributed by atoms with van der Waals surface area (Å²) >= 11 is 0. The lowest BCUT2D eigenvalue weighted by Gasteiger charge is -2.20. The lowest BCUT2D eigenvalue weighted by Crippen LogP contribution is -2.22. The zero-order valence-electron chi connectivity index (χ0n) is 8.31. The third kappa shape index (κ3) is 3.38. The van der Waals surface area contributed by atoms with E-state index in [1.807, 2.05) is 0 Å². The number of nitrogens with one attached hydrogen (secondary N) is 1. The molecule has 1 nitrogen and oxygen atoms in total. The Morgan fingerprint density at radius 1 is 1.27 bits per heavy atom. The number of hydrogen-bond acceptors (Lipinski definition) is 1. The predicted octanol–water partition coefficient (Wildman–Crippen LogP) is 3.76. The van der Waals surface area contributed by atoms with Crippen molar-refractivity contribution in [1.29, 1.82) is 5.41 Å². The highest BCUT2D eigenvalue weighted by molar-refractivity contribution is 5.79. The second kappa shape index (κ2) is 4.47. The monoisotopic (exact) mass is 215 g/mol. The molecule has 15 heavy (non-hydrogen) atoms. The molecule has 0 spiro atoms. The van der Waals surface area contributed by atoms with Crippen LogP contribution < -0.4 is 0 Å². The Morgan fingerprint density at radius 3 is 2.20 bits per heavy atom. The molecular weight excluding hydrogens is 203 g/mol. The Bertz CT molecular complexity index is 329. The first kappa shape index (κ1) is 11.8. The van der Waals surface area contributed by atoms with Crippen LogP contribution in [0.25, 0.3) is 0 Å². The summed E-state index contributed by atoms with van der Waals surface area (Å²) in [7, 11) is 0. The maximum Gasteiger partial charge on any atom is 0.396 e. The summed E-state index contributed by atoms with van der Waals surface area (Å²) in [6.45, 7) is 1.39. The molecule has 0 aliphatic carbocycles. The van der Waals surface area contributed by atoms with Crippen LogP contribution in [0.15, 0.2) is 30.3 Å². The van der Waals surface area contributed by atoms with Gasteiger partial charge in [0, 0.05) is 12.1 Å². The minimum atomic E-state index is -4.29. The van der Waals surface area contributed by atoms with Crippen LogP contribution in [-0.2, 0) is 0 Å². The number of rotatable bonds is 3. The summed E-state index contributed by atoms with van der Waals surface area (Å²) in [6, 6.07) is 7.72. The quantitative estimate of drug-likeness (QED) is 0.742. The first-order valence-corrected chi connectivity index (χ1v) is 4.57. The second-order valence-corrected chi connectivity index (χ2v) is 3.49. The summed E-state index contributed by atoms with van der Waals surface area (Å²) in [5.41, 5.74) is 0.262. The van der Waals surface area contributed by atoms with E-state index in [1.54, 1.807) is 18.2 Å². The molecule has 0 aliphatic rings. The molecule has 0 amide bonds. The fraction of sp³-hybridized carbons (Fsp3) is 0.364. The van der Waals surface area contributed by atoms with Crippen LogP contribution in [0.3, 0.4) is 0 Å². The summed E-state index contributed by atoms with van der Waals surface area (Å²) in [4.78, 5) is 0. The van der Waals surface area contributed by atoms with E-state index in [0.717, 1.165) is 0 Å². The summed E-state index contributed by atoms with van der Waals surface area (Å²) in [6.07, 6.45) is -4.56. The number of alkyl halides is 3. The van der Waals surface area contributed by atoms with Gasteiger partial charge in [0.2, 0.25) is 0 Å². The third-order valence-corrected chi connectivity index (χ3v) is 2.11. The van der Waals surface area contributed by atoms with Gasteiger partial charge in [-0.1, -0.05) is 30.3 Å². The molecule has 0 radical (unpaired) electrons. The van der Waals surface area contributed by atoms with Crippen LogP contribution in [0, 0.1) is 5.41 Å². The lowest BCUT2D eigenvalue weighted by atomic mass is 9.93.